The molecule has 2 N–H and O–H groups in total. The number of rotatable bonds is 6. The summed E-state index contributed by atoms with van der Waals surface area (Å²) in [6, 6.07) is 12.9. The third-order valence-electron chi connectivity index (χ3n) is 3.34. The molecule has 2 rings (SSSR count). The number of benzene rings is 2. The lowest BCUT2D eigenvalue weighted by molar-refractivity contribution is -0.112. The van der Waals surface area contributed by atoms with E-state index in [1.165, 1.54) is 18.3 Å². The van der Waals surface area contributed by atoms with Crippen molar-refractivity contribution in [2.24, 2.45) is 0 Å². The third-order valence-corrected chi connectivity index (χ3v) is 4.16. The number of nitrogens with one attached hydrogen (secondary N) is 2. The van der Waals surface area contributed by atoms with Gasteiger partial charge in [-0.1, -0.05) is 29.3 Å². The molecule has 0 bridgehead atoms. The van der Waals surface area contributed by atoms with Crippen molar-refractivity contribution in [3.8, 4) is 6.07 Å². The fourth-order valence-electron chi connectivity index (χ4n) is 2.02. The van der Waals surface area contributed by atoms with E-state index in [0.717, 1.165) is 0 Å². The SMILES string of the molecule is CCOC(=O)c1ccc(NC(=O)/C(C#N)=C\Nc2cccc(Cl)c2Cl)cc1. The van der Waals surface area contributed by atoms with Crippen LogP contribution in [0.25, 0.3) is 0 Å². The van der Waals surface area contributed by atoms with Crippen LogP contribution in [0.5, 0.6) is 0 Å². The zero-order valence-electron chi connectivity index (χ0n) is 14.3. The summed E-state index contributed by atoms with van der Waals surface area (Å²) in [6.07, 6.45) is 1.24. The van der Waals surface area contributed by atoms with Crippen LogP contribution in [0.1, 0.15) is 17.3 Å². The van der Waals surface area contributed by atoms with Gasteiger partial charge in [0, 0.05) is 11.9 Å². The van der Waals surface area contributed by atoms with Crippen LogP contribution in [0.2, 0.25) is 10.0 Å². The second-order valence-corrected chi connectivity index (χ2v) is 5.95. The van der Waals surface area contributed by atoms with E-state index in [1.807, 2.05) is 6.07 Å². The number of anilines is 2. The highest BCUT2D eigenvalue weighted by molar-refractivity contribution is 6.43. The maximum atomic E-state index is 12.2. The molecule has 0 saturated heterocycles. The predicted molar refractivity (Wildman–Crippen MR) is 105 cm³/mol. The van der Waals surface area contributed by atoms with Crippen molar-refractivity contribution in [1.29, 1.82) is 5.26 Å². The van der Waals surface area contributed by atoms with Crippen molar-refractivity contribution in [2.45, 2.75) is 6.92 Å². The van der Waals surface area contributed by atoms with Gasteiger partial charge < -0.3 is 15.4 Å². The molecule has 1 amide bonds. The normalized spacial score (nSPS) is 10.7. The Bertz CT molecular complexity index is 919. The van der Waals surface area contributed by atoms with E-state index < -0.39 is 11.9 Å². The molecule has 138 valence electrons. The maximum Gasteiger partial charge on any atom is 0.338 e. The average Bonchev–Trinajstić information content (AvgIpc) is 2.66. The van der Waals surface area contributed by atoms with Gasteiger partial charge in [0.25, 0.3) is 5.91 Å². The van der Waals surface area contributed by atoms with Gasteiger partial charge in [-0.25, -0.2) is 4.79 Å². The van der Waals surface area contributed by atoms with Crippen LogP contribution in [-0.2, 0) is 9.53 Å². The number of halogens is 2. The second kappa shape index (κ2) is 9.62. The lowest BCUT2D eigenvalue weighted by atomic mass is 10.2. The summed E-state index contributed by atoms with van der Waals surface area (Å²) in [7, 11) is 0. The second-order valence-electron chi connectivity index (χ2n) is 5.17. The highest BCUT2D eigenvalue weighted by Gasteiger charge is 2.11. The predicted octanol–water partition coefficient (Wildman–Crippen LogP) is 4.63. The van der Waals surface area contributed by atoms with Crippen molar-refractivity contribution < 1.29 is 14.3 Å². The smallest absolute Gasteiger partial charge is 0.338 e. The number of carbonyl (C=O) groups is 2. The van der Waals surface area contributed by atoms with E-state index in [4.69, 9.17) is 27.9 Å². The zero-order chi connectivity index (χ0) is 19.8. The van der Waals surface area contributed by atoms with Gasteiger partial charge >= 0.3 is 5.97 Å². The molecule has 0 spiro atoms. The summed E-state index contributed by atoms with van der Waals surface area (Å²) in [5.41, 5.74) is 1.09. The van der Waals surface area contributed by atoms with Crippen molar-refractivity contribution in [2.75, 3.05) is 17.2 Å². The molecule has 2 aromatic carbocycles. The number of hydrogen-bond donors (Lipinski definition) is 2. The summed E-state index contributed by atoms with van der Waals surface area (Å²) in [5.74, 6) is -1.07. The van der Waals surface area contributed by atoms with Gasteiger partial charge in [-0.15, -0.1) is 0 Å². The Morgan fingerprint density at radius 3 is 2.52 bits per heavy atom. The summed E-state index contributed by atoms with van der Waals surface area (Å²) < 4.78 is 4.89. The number of esters is 1. The van der Waals surface area contributed by atoms with Gasteiger partial charge in [-0.05, 0) is 43.3 Å². The molecular weight excluding hydrogens is 389 g/mol. The first-order chi connectivity index (χ1) is 13.0. The molecule has 0 aliphatic heterocycles. The summed E-state index contributed by atoms with van der Waals surface area (Å²) in [6.45, 7) is 1.99. The summed E-state index contributed by atoms with van der Waals surface area (Å²) in [5, 5.41) is 15.2. The number of amides is 1. The van der Waals surface area contributed by atoms with Crippen LogP contribution in [0.15, 0.2) is 54.2 Å². The first kappa shape index (κ1) is 20.3. The average molecular weight is 404 g/mol. The fourth-order valence-corrected chi connectivity index (χ4v) is 2.37. The molecule has 27 heavy (non-hydrogen) atoms. The molecule has 8 heteroatoms. The molecular formula is C19H15Cl2N3O3. The molecule has 0 atom stereocenters. The topological polar surface area (TPSA) is 91.2 Å². The van der Waals surface area contributed by atoms with Gasteiger partial charge in [-0.3, -0.25) is 4.79 Å². The molecule has 0 fully saturated rings. The Kier molecular flexibility index (Phi) is 7.24. The van der Waals surface area contributed by atoms with Crippen LogP contribution in [0, 0.1) is 11.3 Å². The Morgan fingerprint density at radius 1 is 1.19 bits per heavy atom. The molecule has 0 saturated carbocycles. The van der Waals surface area contributed by atoms with E-state index >= 15 is 0 Å². The molecule has 0 aliphatic rings. The highest BCUT2D eigenvalue weighted by atomic mass is 35.5. The van der Waals surface area contributed by atoms with Crippen LogP contribution >= 0.6 is 23.2 Å². The van der Waals surface area contributed by atoms with E-state index in [0.29, 0.717) is 22.0 Å². The van der Waals surface area contributed by atoms with Gasteiger partial charge in [0.1, 0.15) is 11.6 Å². The van der Waals surface area contributed by atoms with Gasteiger partial charge in [0.05, 0.1) is 27.9 Å². The van der Waals surface area contributed by atoms with Crippen molar-refractivity contribution in [3.63, 3.8) is 0 Å². The Hall–Kier alpha value is -3.01. The summed E-state index contributed by atoms with van der Waals surface area (Å²) in [4.78, 5) is 23.9. The molecule has 6 nitrogen and oxygen atoms in total. The third kappa shape index (κ3) is 5.48. The maximum absolute atomic E-state index is 12.2. The van der Waals surface area contributed by atoms with Crippen LogP contribution in [0.3, 0.4) is 0 Å². The molecule has 0 radical (unpaired) electrons. The number of nitriles is 1. The Morgan fingerprint density at radius 2 is 1.89 bits per heavy atom. The van der Waals surface area contributed by atoms with Crippen molar-refractivity contribution in [3.05, 3.63) is 69.8 Å². The lowest BCUT2D eigenvalue weighted by Crippen LogP contribution is -2.14. The van der Waals surface area contributed by atoms with E-state index in [-0.39, 0.29) is 17.2 Å². The minimum absolute atomic E-state index is 0.166. The van der Waals surface area contributed by atoms with Crippen molar-refractivity contribution >= 4 is 46.5 Å². The monoisotopic (exact) mass is 403 g/mol. The lowest BCUT2D eigenvalue weighted by Gasteiger charge is -2.08. The first-order valence-corrected chi connectivity index (χ1v) is 8.61. The number of ether oxygens (including phenoxy) is 1. The van der Waals surface area contributed by atoms with Gasteiger partial charge in [0.2, 0.25) is 0 Å². The summed E-state index contributed by atoms with van der Waals surface area (Å²) >= 11 is 12.0. The van der Waals surface area contributed by atoms with Crippen LogP contribution in [0.4, 0.5) is 11.4 Å². The number of carbonyl (C=O) groups excluding carboxylic acids is 2. The van der Waals surface area contributed by atoms with Crippen LogP contribution in [-0.4, -0.2) is 18.5 Å². The standard InChI is InChI=1S/C19H15Cl2N3O3/c1-2-27-19(26)12-6-8-14(9-7-12)24-18(25)13(10-22)11-23-16-5-3-4-15(20)17(16)21/h3-9,11,23H,2H2,1H3,(H,24,25)/b13-11-. The Labute approximate surface area is 166 Å². The fraction of sp³-hybridized carbons (Fsp3) is 0.105. The minimum Gasteiger partial charge on any atom is -0.462 e. The Balaban J connectivity index is 2.07. The molecule has 0 heterocycles. The quantitative estimate of drug-likeness (QED) is 0.416. The van der Waals surface area contributed by atoms with E-state index in [9.17, 15) is 14.9 Å². The largest absolute Gasteiger partial charge is 0.462 e. The molecule has 0 unspecified atom stereocenters. The molecule has 0 aromatic heterocycles. The van der Waals surface area contributed by atoms with E-state index in [2.05, 4.69) is 10.6 Å². The zero-order valence-corrected chi connectivity index (χ0v) is 15.8. The number of nitrogens with zero attached hydrogens (tertiary/aromatic N) is 1. The van der Waals surface area contributed by atoms with Gasteiger partial charge in [0.15, 0.2) is 0 Å². The van der Waals surface area contributed by atoms with Crippen LogP contribution < -0.4 is 10.6 Å². The van der Waals surface area contributed by atoms with Crippen molar-refractivity contribution in [1.82, 2.24) is 0 Å². The molecule has 2 aromatic rings. The highest BCUT2D eigenvalue weighted by Crippen LogP contribution is 2.29. The first-order valence-electron chi connectivity index (χ1n) is 7.85. The van der Waals surface area contributed by atoms with Gasteiger partial charge in [-0.2, -0.15) is 5.26 Å². The molecule has 0 aliphatic carbocycles. The minimum atomic E-state index is -0.618. The number of hydrogen-bond acceptors (Lipinski definition) is 5. The van der Waals surface area contributed by atoms with E-state index in [1.54, 1.807) is 37.3 Å².